The molecule has 1 aliphatic heterocycles. The van der Waals surface area contributed by atoms with Crippen molar-refractivity contribution in [2.45, 2.75) is 12.8 Å². The normalized spacial score (nSPS) is 18.1. The fourth-order valence-corrected chi connectivity index (χ4v) is 2.63. The molecular weight excluding hydrogens is 256 g/mol. The highest BCUT2D eigenvalue weighted by Gasteiger charge is 2.28. The molecule has 20 heavy (non-hydrogen) atoms. The molecule has 1 aromatic carbocycles. The summed E-state index contributed by atoms with van der Waals surface area (Å²) in [7, 11) is 3.15. The number of methoxy groups -OCH3 is 2. The van der Waals surface area contributed by atoms with Gasteiger partial charge in [-0.1, -0.05) is 0 Å². The summed E-state index contributed by atoms with van der Waals surface area (Å²) in [6.07, 6.45) is 2.00. The van der Waals surface area contributed by atoms with Gasteiger partial charge in [-0.05, 0) is 37.4 Å². The third-order valence-electron chi connectivity index (χ3n) is 3.79. The Morgan fingerprint density at radius 1 is 1.40 bits per heavy atom. The van der Waals surface area contributed by atoms with E-state index in [0.717, 1.165) is 25.9 Å². The first-order chi connectivity index (χ1) is 9.69. The Morgan fingerprint density at radius 2 is 2.20 bits per heavy atom. The maximum absolute atomic E-state index is 12.5. The van der Waals surface area contributed by atoms with Crippen LogP contribution in [0.1, 0.15) is 23.2 Å². The van der Waals surface area contributed by atoms with E-state index in [4.69, 9.17) is 15.2 Å². The lowest BCUT2D eigenvalue weighted by molar-refractivity contribution is 0.0783. The summed E-state index contributed by atoms with van der Waals surface area (Å²) >= 11 is 0. The molecule has 0 aromatic heterocycles. The number of likely N-dealkylation sites (tertiary alicyclic amines) is 1. The average molecular weight is 278 g/mol. The van der Waals surface area contributed by atoms with Crippen LogP contribution in [0.4, 0.5) is 0 Å². The lowest BCUT2D eigenvalue weighted by Crippen LogP contribution is -2.29. The van der Waals surface area contributed by atoms with Crippen LogP contribution in [0, 0.1) is 5.92 Å². The van der Waals surface area contributed by atoms with Gasteiger partial charge < -0.3 is 20.1 Å². The molecule has 1 heterocycles. The first-order valence-electron chi connectivity index (χ1n) is 6.91. The van der Waals surface area contributed by atoms with Gasteiger partial charge in [0.15, 0.2) is 0 Å². The minimum absolute atomic E-state index is 0.0176. The predicted octanol–water partition coefficient (Wildman–Crippen LogP) is 1.51. The molecule has 0 spiro atoms. The van der Waals surface area contributed by atoms with Crippen LogP contribution in [0.5, 0.6) is 11.5 Å². The highest BCUT2D eigenvalue weighted by molar-refractivity contribution is 5.97. The fraction of sp³-hybridized carbons (Fsp3) is 0.533. The van der Waals surface area contributed by atoms with Gasteiger partial charge >= 0.3 is 0 Å². The largest absolute Gasteiger partial charge is 0.497 e. The third kappa shape index (κ3) is 3.04. The average Bonchev–Trinajstić information content (AvgIpc) is 2.94. The third-order valence-corrected chi connectivity index (χ3v) is 3.79. The monoisotopic (exact) mass is 278 g/mol. The van der Waals surface area contributed by atoms with E-state index in [0.29, 0.717) is 29.5 Å². The summed E-state index contributed by atoms with van der Waals surface area (Å²) in [5.74, 6) is 1.77. The summed E-state index contributed by atoms with van der Waals surface area (Å²) in [5.41, 5.74) is 6.17. The molecule has 2 N–H and O–H groups in total. The van der Waals surface area contributed by atoms with Crippen LogP contribution in [0.15, 0.2) is 18.2 Å². The van der Waals surface area contributed by atoms with Gasteiger partial charge in [0.25, 0.3) is 5.91 Å². The van der Waals surface area contributed by atoms with E-state index >= 15 is 0 Å². The lowest BCUT2D eigenvalue weighted by atomic mass is 10.1. The van der Waals surface area contributed by atoms with Crippen LogP contribution in [0.25, 0.3) is 0 Å². The summed E-state index contributed by atoms with van der Waals surface area (Å²) < 4.78 is 10.4. The molecule has 1 atom stereocenters. The highest BCUT2D eigenvalue weighted by Crippen LogP contribution is 2.28. The molecule has 1 amide bonds. The van der Waals surface area contributed by atoms with Gasteiger partial charge in [-0.3, -0.25) is 4.79 Å². The predicted molar refractivity (Wildman–Crippen MR) is 77.2 cm³/mol. The molecule has 0 saturated carbocycles. The van der Waals surface area contributed by atoms with Crippen molar-refractivity contribution in [1.29, 1.82) is 0 Å². The minimum Gasteiger partial charge on any atom is -0.497 e. The summed E-state index contributed by atoms with van der Waals surface area (Å²) in [5, 5.41) is 0. The topological polar surface area (TPSA) is 64.8 Å². The number of hydrogen-bond donors (Lipinski definition) is 1. The van der Waals surface area contributed by atoms with E-state index in [1.807, 2.05) is 4.90 Å². The zero-order valence-electron chi connectivity index (χ0n) is 12.1. The van der Waals surface area contributed by atoms with Crippen LogP contribution in [-0.2, 0) is 0 Å². The van der Waals surface area contributed by atoms with E-state index in [9.17, 15) is 4.79 Å². The van der Waals surface area contributed by atoms with Gasteiger partial charge in [-0.25, -0.2) is 0 Å². The molecule has 0 radical (unpaired) electrons. The Labute approximate surface area is 119 Å². The molecular formula is C15H22N2O3. The summed E-state index contributed by atoms with van der Waals surface area (Å²) in [4.78, 5) is 14.4. The molecule has 110 valence electrons. The van der Waals surface area contributed by atoms with Crippen molar-refractivity contribution < 1.29 is 14.3 Å². The van der Waals surface area contributed by atoms with Gasteiger partial charge in [0.2, 0.25) is 0 Å². The fourth-order valence-electron chi connectivity index (χ4n) is 2.63. The first-order valence-corrected chi connectivity index (χ1v) is 6.91. The molecule has 1 saturated heterocycles. The van der Waals surface area contributed by atoms with Crippen molar-refractivity contribution >= 4 is 5.91 Å². The van der Waals surface area contributed by atoms with E-state index in [-0.39, 0.29) is 5.91 Å². The number of rotatable bonds is 5. The summed E-state index contributed by atoms with van der Waals surface area (Å²) in [6.45, 7) is 2.25. The SMILES string of the molecule is COc1ccc(C(=O)N2CCC(CCN)C2)c(OC)c1. The summed E-state index contributed by atoms with van der Waals surface area (Å²) in [6, 6.07) is 5.28. The maximum Gasteiger partial charge on any atom is 0.257 e. The molecule has 1 aliphatic rings. The quantitative estimate of drug-likeness (QED) is 0.887. The number of nitrogens with two attached hydrogens (primary N) is 1. The molecule has 0 aliphatic carbocycles. The zero-order chi connectivity index (χ0) is 14.5. The first kappa shape index (κ1) is 14.7. The Hall–Kier alpha value is -1.75. The van der Waals surface area contributed by atoms with Crippen LogP contribution in [0.2, 0.25) is 0 Å². The van der Waals surface area contributed by atoms with Gasteiger partial charge in [0.05, 0.1) is 19.8 Å². The van der Waals surface area contributed by atoms with E-state index in [1.54, 1.807) is 32.4 Å². The van der Waals surface area contributed by atoms with E-state index < -0.39 is 0 Å². The second-order valence-corrected chi connectivity index (χ2v) is 5.05. The van der Waals surface area contributed by atoms with Gasteiger partial charge in [0.1, 0.15) is 11.5 Å². The second kappa shape index (κ2) is 6.61. The van der Waals surface area contributed by atoms with Crippen molar-refractivity contribution in [3.63, 3.8) is 0 Å². The lowest BCUT2D eigenvalue weighted by Gasteiger charge is -2.18. The second-order valence-electron chi connectivity index (χ2n) is 5.05. The van der Waals surface area contributed by atoms with Crippen molar-refractivity contribution in [2.24, 2.45) is 11.7 Å². The number of carbonyl (C=O) groups is 1. The molecule has 2 rings (SSSR count). The van der Waals surface area contributed by atoms with Gasteiger partial charge in [-0.15, -0.1) is 0 Å². The smallest absolute Gasteiger partial charge is 0.257 e. The molecule has 1 fully saturated rings. The van der Waals surface area contributed by atoms with E-state index in [2.05, 4.69) is 0 Å². The molecule has 5 nitrogen and oxygen atoms in total. The van der Waals surface area contributed by atoms with E-state index in [1.165, 1.54) is 0 Å². The maximum atomic E-state index is 12.5. The van der Waals surface area contributed by atoms with Crippen molar-refractivity contribution in [3.8, 4) is 11.5 Å². The van der Waals surface area contributed by atoms with Crippen molar-refractivity contribution in [2.75, 3.05) is 33.9 Å². The van der Waals surface area contributed by atoms with Crippen LogP contribution in [0.3, 0.4) is 0 Å². The van der Waals surface area contributed by atoms with Crippen LogP contribution < -0.4 is 15.2 Å². The van der Waals surface area contributed by atoms with Crippen molar-refractivity contribution in [1.82, 2.24) is 4.90 Å². The number of carbonyl (C=O) groups excluding carboxylic acids is 1. The van der Waals surface area contributed by atoms with Crippen LogP contribution >= 0.6 is 0 Å². The number of ether oxygens (including phenoxy) is 2. The number of amides is 1. The molecule has 1 unspecified atom stereocenters. The zero-order valence-corrected chi connectivity index (χ0v) is 12.1. The molecule has 1 aromatic rings. The van der Waals surface area contributed by atoms with Crippen LogP contribution in [-0.4, -0.2) is 44.7 Å². The molecule has 5 heteroatoms. The van der Waals surface area contributed by atoms with Gasteiger partial charge in [-0.2, -0.15) is 0 Å². The van der Waals surface area contributed by atoms with Crippen molar-refractivity contribution in [3.05, 3.63) is 23.8 Å². The minimum atomic E-state index is 0.0176. The Kier molecular flexibility index (Phi) is 4.84. The number of hydrogen-bond acceptors (Lipinski definition) is 4. The Balaban J connectivity index is 2.13. The van der Waals surface area contributed by atoms with Gasteiger partial charge in [0, 0.05) is 19.2 Å². The Bertz CT molecular complexity index is 476. The highest BCUT2D eigenvalue weighted by atomic mass is 16.5. The number of nitrogens with zero attached hydrogens (tertiary/aromatic N) is 1. The Morgan fingerprint density at radius 3 is 2.85 bits per heavy atom. The standard InChI is InChI=1S/C15H22N2O3/c1-19-12-3-4-13(14(9-12)20-2)15(18)17-8-6-11(10-17)5-7-16/h3-4,9,11H,5-8,10,16H2,1-2H3. The molecule has 0 bridgehead atoms. The number of benzene rings is 1.